The maximum atomic E-state index is 6.22. The second-order valence-corrected chi connectivity index (χ2v) is 4.79. The zero-order valence-corrected chi connectivity index (χ0v) is 11.7. The van der Waals surface area contributed by atoms with Crippen LogP contribution < -0.4 is 10.6 Å². The molecule has 1 rings (SSSR count). The van der Waals surface area contributed by atoms with E-state index in [1.54, 1.807) is 12.3 Å². The molecule has 4 heteroatoms. The highest BCUT2D eigenvalue weighted by molar-refractivity contribution is 6.33. The number of aromatic nitrogens is 1. The summed E-state index contributed by atoms with van der Waals surface area (Å²) in [5, 5.41) is 0.640. The number of halogens is 1. The van der Waals surface area contributed by atoms with Crippen LogP contribution in [-0.2, 0) is 0 Å². The molecule has 0 radical (unpaired) electrons. The van der Waals surface area contributed by atoms with Gasteiger partial charge in [0, 0.05) is 12.6 Å². The van der Waals surface area contributed by atoms with E-state index in [0.29, 0.717) is 16.8 Å². The maximum Gasteiger partial charge on any atom is 0.147 e. The van der Waals surface area contributed by atoms with E-state index in [1.807, 2.05) is 0 Å². The molecule has 1 aromatic heterocycles. The minimum atomic E-state index is 0.440. The molecule has 1 unspecified atom stereocenters. The molecule has 3 nitrogen and oxygen atoms in total. The van der Waals surface area contributed by atoms with Gasteiger partial charge in [-0.2, -0.15) is 0 Å². The van der Waals surface area contributed by atoms with Crippen molar-refractivity contribution < 1.29 is 0 Å². The Morgan fingerprint density at radius 3 is 2.71 bits per heavy atom. The summed E-state index contributed by atoms with van der Waals surface area (Å²) in [6.45, 7) is 7.55. The third-order valence-corrected chi connectivity index (χ3v) is 3.27. The van der Waals surface area contributed by atoms with Gasteiger partial charge in [-0.05, 0) is 25.8 Å². The number of hydrogen-bond donors (Lipinski definition) is 1. The molecule has 96 valence electrons. The fourth-order valence-electron chi connectivity index (χ4n) is 1.74. The van der Waals surface area contributed by atoms with Gasteiger partial charge < -0.3 is 10.6 Å². The van der Waals surface area contributed by atoms with Gasteiger partial charge in [-0.25, -0.2) is 4.98 Å². The van der Waals surface area contributed by atoms with Gasteiger partial charge in [-0.15, -0.1) is 0 Å². The van der Waals surface area contributed by atoms with Crippen LogP contribution in [0, 0.1) is 0 Å². The van der Waals surface area contributed by atoms with Crippen LogP contribution in [0.1, 0.15) is 40.0 Å². The predicted molar refractivity (Wildman–Crippen MR) is 75.7 cm³/mol. The van der Waals surface area contributed by atoms with Crippen LogP contribution in [0.25, 0.3) is 0 Å². The standard InChI is InChI=1S/C13H22ClN3/c1-4-6-7-17(10(3)5-2)13-12(14)8-11(15)9-16-13/h8-10H,4-7,15H2,1-3H3. The summed E-state index contributed by atoms with van der Waals surface area (Å²) < 4.78 is 0. The molecule has 1 heterocycles. The number of hydrogen-bond acceptors (Lipinski definition) is 3. The fourth-order valence-corrected chi connectivity index (χ4v) is 2.02. The summed E-state index contributed by atoms with van der Waals surface area (Å²) in [5.41, 5.74) is 6.28. The lowest BCUT2D eigenvalue weighted by molar-refractivity contribution is 0.590. The van der Waals surface area contributed by atoms with Crippen LogP contribution in [0.5, 0.6) is 0 Å². The third-order valence-electron chi connectivity index (χ3n) is 2.99. The van der Waals surface area contributed by atoms with Crippen molar-refractivity contribution in [2.75, 3.05) is 17.2 Å². The Hall–Kier alpha value is -0.960. The molecule has 2 N–H and O–H groups in total. The molecule has 0 saturated heterocycles. The average molecular weight is 256 g/mol. The van der Waals surface area contributed by atoms with E-state index in [4.69, 9.17) is 17.3 Å². The van der Waals surface area contributed by atoms with Crippen LogP contribution >= 0.6 is 11.6 Å². The van der Waals surface area contributed by atoms with Gasteiger partial charge in [-0.3, -0.25) is 0 Å². The molecule has 0 amide bonds. The van der Waals surface area contributed by atoms with Gasteiger partial charge in [0.15, 0.2) is 0 Å². The number of unbranched alkanes of at least 4 members (excludes halogenated alkanes) is 1. The highest BCUT2D eigenvalue weighted by atomic mass is 35.5. The molecule has 0 aromatic carbocycles. The van der Waals surface area contributed by atoms with Crippen molar-refractivity contribution in [3.8, 4) is 0 Å². The summed E-state index contributed by atoms with van der Waals surface area (Å²) in [4.78, 5) is 6.64. The molecule has 0 aliphatic heterocycles. The van der Waals surface area contributed by atoms with Crippen molar-refractivity contribution in [2.45, 2.75) is 46.1 Å². The lowest BCUT2D eigenvalue weighted by Gasteiger charge is -2.30. The van der Waals surface area contributed by atoms with Crippen LogP contribution in [0.3, 0.4) is 0 Å². The first-order chi connectivity index (χ1) is 8.10. The Bertz CT molecular complexity index is 355. The van der Waals surface area contributed by atoms with Crippen LogP contribution in [0.2, 0.25) is 5.02 Å². The highest BCUT2D eigenvalue weighted by Crippen LogP contribution is 2.27. The third kappa shape index (κ3) is 3.77. The number of nitrogen functional groups attached to an aromatic ring is 1. The zero-order chi connectivity index (χ0) is 12.8. The first kappa shape index (κ1) is 14.1. The summed E-state index contributed by atoms with van der Waals surface area (Å²) in [6, 6.07) is 2.21. The van der Waals surface area contributed by atoms with E-state index >= 15 is 0 Å². The molecule has 1 aromatic rings. The SMILES string of the molecule is CCCCN(c1ncc(N)cc1Cl)C(C)CC. The zero-order valence-electron chi connectivity index (χ0n) is 10.9. The molecule has 1 atom stereocenters. The average Bonchev–Trinajstić information content (AvgIpc) is 2.31. The van der Waals surface area contributed by atoms with Gasteiger partial charge in [-0.1, -0.05) is 31.9 Å². The molecule has 0 saturated carbocycles. The fraction of sp³-hybridized carbons (Fsp3) is 0.615. The van der Waals surface area contributed by atoms with Crippen LogP contribution in [0.4, 0.5) is 11.5 Å². The van der Waals surface area contributed by atoms with E-state index in [9.17, 15) is 0 Å². The number of rotatable bonds is 6. The summed E-state index contributed by atoms with van der Waals surface area (Å²) in [6.07, 6.45) is 5.06. The molecular weight excluding hydrogens is 234 g/mol. The molecular formula is C13H22ClN3. The van der Waals surface area contributed by atoms with E-state index in [-0.39, 0.29) is 0 Å². The van der Waals surface area contributed by atoms with Crippen molar-refractivity contribution >= 4 is 23.1 Å². The molecule has 17 heavy (non-hydrogen) atoms. The minimum absolute atomic E-state index is 0.440. The van der Waals surface area contributed by atoms with Crippen molar-refractivity contribution in [2.24, 2.45) is 0 Å². The van der Waals surface area contributed by atoms with Crippen molar-refractivity contribution in [1.82, 2.24) is 4.98 Å². The van der Waals surface area contributed by atoms with E-state index in [0.717, 1.165) is 25.2 Å². The summed E-state index contributed by atoms with van der Waals surface area (Å²) >= 11 is 6.22. The van der Waals surface area contributed by atoms with Gasteiger partial charge >= 0.3 is 0 Å². The van der Waals surface area contributed by atoms with Crippen LogP contribution in [-0.4, -0.2) is 17.6 Å². The quantitative estimate of drug-likeness (QED) is 0.842. The normalized spacial score (nSPS) is 12.5. The summed E-state index contributed by atoms with van der Waals surface area (Å²) in [5.74, 6) is 0.851. The van der Waals surface area contributed by atoms with E-state index in [1.165, 1.54) is 6.42 Å². The number of nitrogens with zero attached hydrogens (tertiary/aromatic N) is 2. The van der Waals surface area contributed by atoms with Gasteiger partial charge in [0.1, 0.15) is 5.82 Å². The summed E-state index contributed by atoms with van der Waals surface area (Å²) in [7, 11) is 0. The lowest BCUT2D eigenvalue weighted by Crippen LogP contribution is -2.34. The second-order valence-electron chi connectivity index (χ2n) is 4.38. The van der Waals surface area contributed by atoms with Gasteiger partial charge in [0.05, 0.1) is 16.9 Å². The molecule has 0 aliphatic rings. The van der Waals surface area contributed by atoms with E-state index < -0.39 is 0 Å². The second kappa shape index (κ2) is 6.70. The Morgan fingerprint density at radius 1 is 1.47 bits per heavy atom. The van der Waals surface area contributed by atoms with Crippen molar-refractivity contribution in [3.05, 3.63) is 17.3 Å². The van der Waals surface area contributed by atoms with Crippen LogP contribution in [0.15, 0.2) is 12.3 Å². The highest BCUT2D eigenvalue weighted by Gasteiger charge is 2.16. The van der Waals surface area contributed by atoms with Crippen molar-refractivity contribution in [1.29, 1.82) is 0 Å². The van der Waals surface area contributed by atoms with Crippen molar-refractivity contribution in [3.63, 3.8) is 0 Å². The largest absolute Gasteiger partial charge is 0.397 e. The number of anilines is 2. The van der Waals surface area contributed by atoms with Gasteiger partial charge in [0.25, 0.3) is 0 Å². The number of nitrogens with two attached hydrogens (primary N) is 1. The Kier molecular flexibility index (Phi) is 5.56. The molecule has 0 spiro atoms. The predicted octanol–water partition coefficient (Wildman–Crippen LogP) is 3.72. The lowest BCUT2D eigenvalue weighted by atomic mass is 10.2. The smallest absolute Gasteiger partial charge is 0.147 e. The minimum Gasteiger partial charge on any atom is -0.397 e. The van der Waals surface area contributed by atoms with E-state index in [2.05, 4.69) is 30.7 Å². The van der Waals surface area contributed by atoms with Gasteiger partial charge in [0.2, 0.25) is 0 Å². The Labute approximate surface area is 109 Å². The number of pyridine rings is 1. The monoisotopic (exact) mass is 255 g/mol. The first-order valence-corrected chi connectivity index (χ1v) is 6.65. The molecule has 0 bridgehead atoms. The molecule has 0 aliphatic carbocycles. The maximum absolute atomic E-state index is 6.22. The first-order valence-electron chi connectivity index (χ1n) is 6.27. The Morgan fingerprint density at radius 2 is 2.18 bits per heavy atom. The Balaban J connectivity index is 2.95. The topological polar surface area (TPSA) is 42.2 Å². The molecule has 0 fully saturated rings.